The number of carbonyl (C=O) groups excluding carboxylic acids is 1. The Morgan fingerprint density at radius 2 is 2.11 bits per heavy atom. The van der Waals surface area contributed by atoms with Crippen molar-refractivity contribution in [3.05, 3.63) is 23.8 Å². The number of phenols is 2. The molecular formula is C12H18N2O4. The molecule has 1 rings (SSSR count). The van der Waals surface area contributed by atoms with Gasteiger partial charge < -0.3 is 25.6 Å². The molecule has 0 saturated heterocycles. The fourth-order valence-electron chi connectivity index (χ4n) is 1.35. The summed E-state index contributed by atoms with van der Waals surface area (Å²) in [5, 5.41) is 24.0. The van der Waals surface area contributed by atoms with Crippen molar-refractivity contribution in [1.82, 2.24) is 10.6 Å². The first-order valence-corrected chi connectivity index (χ1v) is 5.60. The second-order valence-electron chi connectivity index (χ2n) is 3.77. The SMILES string of the molecule is COCCNC(=O)CNCc1ccc(O)c(O)c1. The van der Waals surface area contributed by atoms with E-state index in [0.29, 0.717) is 19.7 Å². The number of nitrogens with one attached hydrogen (secondary N) is 2. The number of hydrogen-bond acceptors (Lipinski definition) is 5. The van der Waals surface area contributed by atoms with Gasteiger partial charge in [-0.25, -0.2) is 0 Å². The molecule has 0 aromatic heterocycles. The summed E-state index contributed by atoms with van der Waals surface area (Å²) in [5.41, 5.74) is 0.787. The largest absolute Gasteiger partial charge is 0.504 e. The molecule has 1 amide bonds. The van der Waals surface area contributed by atoms with Crippen LogP contribution in [0.4, 0.5) is 0 Å². The molecule has 18 heavy (non-hydrogen) atoms. The third-order valence-electron chi connectivity index (χ3n) is 2.28. The van der Waals surface area contributed by atoms with E-state index in [1.54, 1.807) is 13.2 Å². The minimum atomic E-state index is -0.168. The van der Waals surface area contributed by atoms with Crippen molar-refractivity contribution >= 4 is 5.91 Å². The van der Waals surface area contributed by atoms with Crippen LogP contribution in [0.1, 0.15) is 5.56 Å². The first kappa shape index (κ1) is 14.3. The van der Waals surface area contributed by atoms with Gasteiger partial charge in [-0.05, 0) is 17.7 Å². The van der Waals surface area contributed by atoms with Crippen molar-refractivity contribution in [3.8, 4) is 11.5 Å². The fourth-order valence-corrected chi connectivity index (χ4v) is 1.35. The monoisotopic (exact) mass is 254 g/mol. The summed E-state index contributed by atoms with van der Waals surface area (Å²) >= 11 is 0. The van der Waals surface area contributed by atoms with Crippen molar-refractivity contribution in [2.75, 3.05) is 26.8 Å². The molecule has 0 aliphatic rings. The summed E-state index contributed by atoms with van der Waals surface area (Å²) in [5.74, 6) is -0.440. The molecule has 4 N–H and O–H groups in total. The van der Waals surface area contributed by atoms with Gasteiger partial charge in [-0.2, -0.15) is 0 Å². The topological polar surface area (TPSA) is 90.8 Å². The third kappa shape index (κ3) is 5.03. The molecule has 0 radical (unpaired) electrons. The first-order chi connectivity index (χ1) is 8.63. The van der Waals surface area contributed by atoms with Gasteiger partial charge in [-0.15, -0.1) is 0 Å². The highest BCUT2D eigenvalue weighted by Gasteiger charge is 2.02. The van der Waals surface area contributed by atoms with E-state index in [2.05, 4.69) is 10.6 Å². The molecule has 0 aliphatic carbocycles. The second-order valence-corrected chi connectivity index (χ2v) is 3.77. The normalized spacial score (nSPS) is 10.3. The molecule has 1 aromatic rings. The summed E-state index contributed by atoms with van der Waals surface area (Å²) in [4.78, 5) is 11.3. The van der Waals surface area contributed by atoms with Gasteiger partial charge in [0, 0.05) is 20.2 Å². The molecule has 1 aromatic carbocycles. The van der Waals surface area contributed by atoms with Crippen LogP contribution < -0.4 is 10.6 Å². The molecule has 0 spiro atoms. The molecule has 0 unspecified atom stereocenters. The average Bonchev–Trinajstić information content (AvgIpc) is 2.34. The Labute approximate surface area is 106 Å². The number of ether oxygens (including phenoxy) is 1. The van der Waals surface area contributed by atoms with Crippen LogP contribution in [0.3, 0.4) is 0 Å². The van der Waals surface area contributed by atoms with E-state index in [4.69, 9.17) is 9.84 Å². The zero-order chi connectivity index (χ0) is 13.4. The number of phenolic OH excluding ortho intramolecular Hbond substituents is 2. The zero-order valence-corrected chi connectivity index (χ0v) is 10.3. The van der Waals surface area contributed by atoms with E-state index >= 15 is 0 Å². The minimum absolute atomic E-state index is 0.116. The van der Waals surface area contributed by atoms with Gasteiger partial charge in [-0.3, -0.25) is 4.79 Å². The van der Waals surface area contributed by atoms with Crippen LogP contribution in [0, 0.1) is 0 Å². The van der Waals surface area contributed by atoms with Gasteiger partial charge >= 0.3 is 0 Å². The van der Waals surface area contributed by atoms with E-state index in [1.807, 2.05) is 0 Å². The quantitative estimate of drug-likeness (QED) is 0.404. The Bertz CT molecular complexity index is 396. The van der Waals surface area contributed by atoms with Gasteiger partial charge in [0.1, 0.15) is 0 Å². The molecule has 0 bridgehead atoms. The van der Waals surface area contributed by atoms with Crippen LogP contribution in [0.2, 0.25) is 0 Å². The number of amides is 1. The Morgan fingerprint density at radius 3 is 2.78 bits per heavy atom. The molecular weight excluding hydrogens is 236 g/mol. The summed E-state index contributed by atoms with van der Waals surface area (Å²) in [6, 6.07) is 4.53. The maximum atomic E-state index is 11.3. The van der Waals surface area contributed by atoms with Crippen molar-refractivity contribution in [1.29, 1.82) is 0 Å². The maximum absolute atomic E-state index is 11.3. The fraction of sp³-hybridized carbons (Fsp3) is 0.417. The van der Waals surface area contributed by atoms with E-state index in [0.717, 1.165) is 5.56 Å². The van der Waals surface area contributed by atoms with Gasteiger partial charge in [0.2, 0.25) is 5.91 Å². The number of rotatable bonds is 7. The van der Waals surface area contributed by atoms with Gasteiger partial charge in [0.05, 0.1) is 13.2 Å². The molecule has 0 aliphatic heterocycles. The average molecular weight is 254 g/mol. The molecule has 0 saturated carbocycles. The lowest BCUT2D eigenvalue weighted by Crippen LogP contribution is -2.35. The number of aromatic hydroxyl groups is 2. The smallest absolute Gasteiger partial charge is 0.234 e. The molecule has 0 heterocycles. The van der Waals surface area contributed by atoms with Crippen LogP contribution in [-0.2, 0) is 16.1 Å². The lowest BCUT2D eigenvalue weighted by atomic mass is 10.2. The minimum Gasteiger partial charge on any atom is -0.504 e. The summed E-state index contributed by atoms with van der Waals surface area (Å²) in [6.07, 6.45) is 0. The zero-order valence-electron chi connectivity index (χ0n) is 10.3. The van der Waals surface area contributed by atoms with Gasteiger partial charge in [-0.1, -0.05) is 6.07 Å². The van der Waals surface area contributed by atoms with Crippen molar-refractivity contribution in [3.63, 3.8) is 0 Å². The molecule has 100 valence electrons. The number of hydrogen-bond donors (Lipinski definition) is 4. The highest BCUT2D eigenvalue weighted by molar-refractivity contribution is 5.77. The van der Waals surface area contributed by atoms with Crippen molar-refractivity contribution in [2.45, 2.75) is 6.54 Å². The molecule has 0 fully saturated rings. The number of methoxy groups -OCH3 is 1. The van der Waals surface area contributed by atoms with Crippen LogP contribution in [0.25, 0.3) is 0 Å². The summed E-state index contributed by atoms with van der Waals surface area (Å²) in [7, 11) is 1.57. The van der Waals surface area contributed by atoms with E-state index < -0.39 is 0 Å². The number of benzene rings is 1. The lowest BCUT2D eigenvalue weighted by molar-refractivity contribution is -0.120. The van der Waals surface area contributed by atoms with Crippen molar-refractivity contribution < 1.29 is 19.7 Å². The van der Waals surface area contributed by atoms with Crippen LogP contribution in [0.5, 0.6) is 11.5 Å². The van der Waals surface area contributed by atoms with Crippen LogP contribution >= 0.6 is 0 Å². The standard InChI is InChI=1S/C12H18N2O4/c1-18-5-4-14-12(17)8-13-7-9-2-3-10(15)11(16)6-9/h2-3,6,13,15-16H,4-5,7-8H2,1H3,(H,14,17). The Balaban J connectivity index is 2.24. The lowest BCUT2D eigenvalue weighted by Gasteiger charge is -2.07. The highest BCUT2D eigenvalue weighted by Crippen LogP contribution is 2.24. The van der Waals surface area contributed by atoms with E-state index in [-0.39, 0.29) is 24.0 Å². The molecule has 6 nitrogen and oxygen atoms in total. The first-order valence-electron chi connectivity index (χ1n) is 5.60. The number of carbonyl (C=O) groups is 1. The predicted molar refractivity (Wildman–Crippen MR) is 66.4 cm³/mol. The van der Waals surface area contributed by atoms with E-state index in [1.165, 1.54) is 12.1 Å². The van der Waals surface area contributed by atoms with E-state index in [9.17, 15) is 9.90 Å². The van der Waals surface area contributed by atoms with Crippen LogP contribution in [0.15, 0.2) is 18.2 Å². The Morgan fingerprint density at radius 1 is 1.33 bits per heavy atom. The predicted octanol–water partition coefficient (Wildman–Crippen LogP) is -0.0500. The van der Waals surface area contributed by atoms with Gasteiger partial charge in [0.25, 0.3) is 0 Å². The summed E-state index contributed by atoms with van der Waals surface area (Å²) in [6.45, 7) is 1.59. The molecule has 0 atom stereocenters. The summed E-state index contributed by atoms with van der Waals surface area (Å²) < 4.78 is 4.80. The van der Waals surface area contributed by atoms with Gasteiger partial charge in [0.15, 0.2) is 11.5 Å². The Kier molecular flexibility index (Phi) is 5.96. The van der Waals surface area contributed by atoms with Crippen molar-refractivity contribution in [2.24, 2.45) is 0 Å². The molecule has 6 heteroatoms. The second kappa shape index (κ2) is 7.52. The Hall–Kier alpha value is -1.79. The highest BCUT2D eigenvalue weighted by atomic mass is 16.5. The maximum Gasteiger partial charge on any atom is 0.234 e. The third-order valence-corrected chi connectivity index (χ3v) is 2.28. The van der Waals surface area contributed by atoms with Crippen LogP contribution in [-0.4, -0.2) is 42.9 Å².